The molecule has 0 aliphatic carbocycles. The molecule has 20 heavy (non-hydrogen) atoms. The van der Waals surface area contributed by atoms with E-state index in [0.29, 0.717) is 11.7 Å². The molecule has 5 heteroatoms. The number of para-hydroxylation sites is 1. The summed E-state index contributed by atoms with van der Waals surface area (Å²) in [5.41, 5.74) is 1.98. The number of pyridine rings is 1. The molecule has 0 bridgehead atoms. The minimum Gasteiger partial charge on any atom is -0.364 e. The zero-order valence-electron chi connectivity index (χ0n) is 10.7. The zero-order chi connectivity index (χ0) is 13.8. The summed E-state index contributed by atoms with van der Waals surface area (Å²) < 4.78 is 1.85. The van der Waals surface area contributed by atoms with E-state index in [9.17, 15) is 0 Å². The van der Waals surface area contributed by atoms with Gasteiger partial charge in [0.2, 0.25) is 0 Å². The van der Waals surface area contributed by atoms with E-state index in [0.717, 1.165) is 17.2 Å². The number of benzene rings is 1. The van der Waals surface area contributed by atoms with Gasteiger partial charge in [0, 0.05) is 6.20 Å². The van der Waals surface area contributed by atoms with Crippen LogP contribution < -0.4 is 5.32 Å². The third-order valence-electron chi connectivity index (χ3n) is 2.83. The van der Waals surface area contributed by atoms with Crippen molar-refractivity contribution in [2.45, 2.75) is 6.54 Å². The lowest BCUT2D eigenvalue weighted by atomic mass is 10.3. The minimum atomic E-state index is 0.477. The van der Waals surface area contributed by atoms with E-state index in [4.69, 9.17) is 11.6 Å². The number of rotatable bonds is 4. The largest absolute Gasteiger partial charge is 0.364 e. The maximum Gasteiger partial charge on any atom is 0.131 e. The summed E-state index contributed by atoms with van der Waals surface area (Å²) in [7, 11) is 0. The number of halogens is 1. The van der Waals surface area contributed by atoms with Gasteiger partial charge in [0.15, 0.2) is 0 Å². The van der Waals surface area contributed by atoms with Crippen LogP contribution in [0.5, 0.6) is 0 Å². The van der Waals surface area contributed by atoms with Gasteiger partial charge in [0.05, 0.1) is 17.9 Å². The molecular formula is C15H13ClN4. The van der Waals surface area contributed by atoms with Gasteiger partial charge in [-0.2, -0.15) is 5.10 Å². The fourth-order valence-electron chi connectivity index (χ4n) is 1.87. The van der Waals surface area contributed by atoms with Crippen LogP contribution in [0.15, 0.2) is 60.8 Å². The van der Waals surface area contributed by atoms with Crippen molar-refractivity contribution in [3.8, 4) is 5.69 Å². The Morgan fingerprint density at radius 1 is 1.00 bits per heavy atom. The van der Waals surface area contributed by atoms with Crippen molar-refractivity contribution in [1.82, 2.24) is 14.8 Å². The molecule has 4 nitrogen and oxygen atoms in total. The van der Waals surface area contributed by atoms with Crippen LogP contribution in [-0.4, -0.2) is 14.8 Å². The highest BCUT2D eigenvalue weighted by atomic mass is 35.5. The molecule has 3 rings (SSSR count). The summed E-state index contributed by atoms with van der Waals surface area (Å²) in [5, 5.41) is 8.18. The highest BCUT2D eigenvalue weighted by molar-refractivity contribution is 6.29. The highest BCUT2D eigenvalue weighted by Crippen LogP contribution is 2.11. The lowest BCUT2D eigenvalue weighted by Gasteiger charge is -2.03. The maximum absolute atomic E-state index is 5.84. The summed E-state index contributed by atoms with van der Waals surface area (Å²) in [6.07, 6.45) is 1.94. The third kappa shape index (κ3) is 2.97. The molecule has 0 spiro atoms. The molecular weight excluding hydrogens is 272 g/mol. The first-order valence-electron chi connectivity index (χ1n) is 6.28. The Bertz CT molecular complexity index is 694. The molecule has 0 atom stereocenters. The SMILES string of the molecule is Clc1cccc(NCc2ccn(-c3ccccc3)n2)n1. The van der Waals surface area contributed by atoms with Crippen LogP contribution in [0.25, 0.3) is 5.69 Å². The summed E-state index contributed by atoms with van der Waals surface area (Å²) in [4.78, 5) is 4.17. The second-order valence-corrected chi connectivity index (χ2v) is 4.67. The summed E-state index contributed by atoms with van der Waals surface area (Å²) >= 11 is 5.84. The van der Waals surface area contributed by atoms with E-state index >= 15 is 0 Å². The molecule has 0 saturated heterocycles. The van der Waals surface area contributed by atoms with Gasteiger partial charge in [-0.15, -0.1) is 0 Å². The molecule has 0 unspecified atom stereocenters. The predicted molar refractivity (Wildman–Crippen MR) is 80.1 cm³/mol. The third-order valence-corrected chi connectivity index (χ3v) is 3.04. The van der Waals surface area contributed by atoms with Crippen molar-refractivity contribution in [2.75, 3.05) is 5.32 Å². The molecule has 0 radical (unpaired) electrons. The van der Waals surface area contributed by atoms with Crippen LogP contribution >= 0.6 is 11.6 Å². The average Bonchev–Trinajstić information content (AvgIpc) is 2.95. The first-order valence-corrected chi connectivity index (χ1v) is 6.65. The number of aromatic nitrogens is 3. The van der Waals surface area contributed by atoms with E-state index < -0.39 is 0 Å². The fraction of sp³-hybridized carbons (Fsp3) is 0.0667. The van der Waals surface area contributed by atoms with Crippen molar-refractivity contribution in [1.29, 1.82) is 0 Å². The second kappa shape index (κ2) is 5.75. The zero-order valence-corrected chi connectivity index (χ0v) is 11.5. The van der Waals surface area contributed by atoms with Crippen LogP contribution in [0, 0.1) is 0 Å². The number of hydrogen-bond acceptors (Lipinski definition) is 3. The lowest BCUT2D eigenvalue weighted by molar-refractivity contribution is 0.843. The van der Waals surface area contributed by atoms with Crippen molar-refractivity contribution >= 4 is 17.4 Å². The van der Waals surface area contributed by atoms with Crippen LogP contribution in [0.1, 0.15) is 5.69 Å². The molecule has 1 N–H and O–H groups in total. The molecule has 0 fully saturated rings. The smallest absolute Gasteiger partial charge is 0.131 e. The summed E-state index contributed by atoms with van der Waals surface area (Å²) in [6.45, 7) is 0.604. The Kier molecular flexibility index (Phi) is 3.65. The van der Waals surface area contributed by atoms with Crippen molar-refractivity contribution in [2.24, 2.45) is 0 Å². The van der Waals surface area contributed by atoms with Gasteiger partial charge in [0.1, 0.15) is 11.0 Å². The molecule has 1 aromatic carbocycles. The van der Waals surface area contributed by atoms with Gasteiger partial charge >= 0.3 is 0 Å². The fourth-order valence-corrected chi connectivity index (χ4v) is 2.03. The molecule has 0 aliphatic rings. The van der Waals surface area contributed by atoms with Gasteiger partial charge in [-0.1, -0.05) is 35.9 Å². The predicted octanol–water partition coefficient (Wildman–Crippen LogP) is 3.53. The molecule has 2 heterocycles. The number of hydrogen-bond donors (Lipinski definition) is 1. The molecule has 100 valence electrons. The molecule has 3 aromatic rings. The quantitative estimate of drug-likeness (QED) is 0.745. The first-order chi connectivity index (χ1) is 9.81. The van der Waals surface area contributed by atoms with E-state index in [1.807, 2.05) is 59.4 Å². The van der Waals surface area contributed by atoms with Gasteiger partial charge in [0.25, 0.3) is 0 Å². The number of anilines is 1. The van der Waals surface area contributed by atoms with Crippen molar-refractivity contribution < 1.29 is 0 Å². The normalized spacial score (nSPS) is 10.4. The van der Waals surface area contributed by atoms with Crippen LogP contribution in [0.3, 0.4) is 0 Å². The summed E-state index contributed by atoms with van der Waals surface area (Å²) in [5.74, 6) is 0.742. The second-order valence-electron chi connectivity index (χ2n) is 4.29. The van der Waals surface area contributed by atoms with Gasteiger partial charge in [-0.05, 0) is 30.3 Å². The van der Waals surface area contributed by atoms with Crippen LogP contribution in [0.4, 0.5) is 5.82 Å². The Balaban J connectivity index is 1.69. The first kappa shape index (κ1) is 12.7. The van der Waals surface area contributed by atoms with E-state index in [1.165, 1.54) is 0 Å². The van der Waals surface area contributed by atoms with Gasteiger partial charge < -0.3 is 5.32 Å². The Morgan fingerprint density at radius 3 is 2.65 bits per heavy atom. The number of nitrogens with one attached hydrogen (secondary N) is 1. The molecule has 0 amide bonds. The number of nitrogens with zero attached hydrogens (tertiary/aromatic N) is 3. The van der Waals surface area contributed by atoms with E-state index in [1.54, 1.807) is 6.07 Å². The molecule has 0 aliphatic heterocycles. The standard InChI is InChI=1S/C15H13ClN4/c16-14-7-4-8-15(18-14)17-11-12-9-10-20(19-12)13-5-2-1-3-6-13/h1-10H,11H2,(H,17,18). The van der Waals surface area contributed by atoms with E-state index in [-0.39, 0.29) is 0 Å². The minimum absolute atomic E-state index is 0.477. The van der Waals surface area contributed by atoms with Crippen LogP contribution in [-0.2, 0) is 6.54 Å². The molecule has 0 saturated carbocycles. The Labute approximate surface area is 122 Å². The highest BCUT2D eigenvalue weighted by Gasteiger charge is 2.01. The average molecular weight is 285 g/mol. The van der Waals surface area contributed by atoms with Crippen molar-refractivity contribution in [3.05, 3.63) is 71.6 Å². The summed E-state index contributed by atoms with van der Waals surface area (Å²) in [6, 6.07) is 17.5. The topological polar surface area (TPSA) is 42.7 Å². The van der Waals surface area contributed by atoms with E-state index in [2.05, 4.69) is 15.4 Å². The van der Waals surface area contributed by atoms with Gasteiger partial charge in [-0.25, -0.2) is 9.67 Å². The Hall–Kier alpha value is -2.33. The van der Waals surface area contributed by atoms with Crippen molar-refractivity contribution in [3.63, 3.8) is 0 Å². The maximum atomic E-state index is 5.84. The Morgan fingerprint density at radius 2 is 1.85 bits per heavy atom. The lowest BCUT2D eigenvalue weighted by Crippen LogP contribution is -2.03. The van der Waals surface area contributed by atoms with Crippen LogP contribution in [0.2, 0.25) is 5.15 Å². The van der Waals surface area contributed by atoms with Gasteiger partial charge in [-0.3, -0.25) is 0 Å². The molecule has 2 aromatic heterocycles. The monoisotopic (exact) mass is 284 g/mol.